The van der Waals surface area contributed by atoms with E-state index in [2.05, 4.69) is 26.6 Å². The summed E-state index contributed by atoms with van der Waals surface area (Å²) in [5.41, 5.74) is 0.884. The van der Waals surface area contributed by atoms with Crippen molar-refractivity contribution in [1.29, 1.82) is 0 Å². The summed E-state index contributed by atoms with van der Waals surface area (Å²) < 4.78 is 21.9. The maximum Gasteiger partial charge on any atom is 0.191 e. The van der Waals surface area contributed by atoms with Gasteiger partial charge in [0.25, 0.3) is 0 Å². The van der Waals surface area contributed by atoms with Crippen molar-refractivity contribution in [2.24, 2.45) is 4.99 Å². The van der Waals surface area contributed by atoms with Crippen LogP contribution in [0, 0.1) is 0 Å². The molecule has 1 unspecified atom stereocenters. The zero-order valence-corrected chi connectivity index (χ0v) is 18.6. The highest BCUT2D eigenvalue weighted by molar-refractivity contribution is 5.79. The fourth-order valence-corrected chi connectivity index (χ4v) is 3.19. The molecule has 8 heteroatoms. The zero-order valence-electron chi connectivity index (χ0n) is 18.6. The Morgan fingerprint density at radius 1 is 1.14 bits per heavy atom. The fraction of sp³-hybridized carbons (Fsp3) is 0.667. The van der Waals surface area contributed by atoms with Gasteiger partial charge < -0.3 is 29.6 Å². The largest absolute Gasteiger partial charge is 0.493 e. The highest BCUT2D eigenvalue weighted by Crippen LogP contribution is 2.32. The van der Waals surface area contributed by atoms with Gasteiger partial charge in [0, 0.05) is 40.3 Å². The normalized spacial score (nSPS) is 17.0. The summed E-state index contributed by atoms with van der Waals surface area (Å²) in [4.78, 5) is 6.77. The Morgan fingerprint density at radius 3 is 2.41 bits per heavy atom. The number of hydrogen-bond acceptors (Lipinski definition) is 6. The molecular weight excluding hydrogens is 372 g/mol. The van der Waals surface area contributed by atoms with E-state index in [0.29, 0.717) is 13.1 Å². The summed E-state index contributed by atoms with van der Waals surface area (Å²) >= 11 is 0. The van der Waals surface area contributed by atoms with E-state index in [1.807, 2.05) is 26.0 Å². The van der Waals surface area contributed by atoms with E-state index in [1.54, 1.807) is 28.4 Å². The van der Waals surface area contributed by atoms with Crippen molar-refractivity contribution in [3.05, 3.63) is 23.8 Å². The van der Waals surface area contributed by atoms with Crippen molar-refractivity contribution in [2.75, 3.05) is 67.8 Å². The van der Waals surface area contributed by atoms with Crippen LogP contribution in [-0.2, 0) is 9.47 Å². The van der Waals surface area contributed by atoms with Gasteiger partial charge in [0.15, 0.2) is 17.5 Å². The average molecular weight is 409 g/mol. The second kappa shape index (κ2) is 11.2. The molecule has 1 aromatic rings. The number of aliphatic imine (C=N–C) groups is 1. The second-order valence-electron chi connectivity index (χ2n) is 7.55. The van der Waals surface area contributed by atoms with E-state index >= 15 is 0 Å². The molecule has 1 aliphatic rings. The summed E-state index contributed by atoms with van der Waals surface area (Å²) in [6.07, 6.45) is 0. The third-order valence-electron chi connectivity index (χ3n) is 5.20. The van der Waals surface area contributed by atoms with Crippen molar-refractivity contribution >= 4 is 5.96 Å². The number of morpholine rings is 1. The van der Waals surface area contributed by atoms with Crippen LogP contribution in [0.25, 0.3) is 0 Å². The van der Waals surface area contributed by atoms with Crippen LogP contribution in [0.3, 0.4) is 0 Å². The van der Waals surface area contributed by atoms with Gasteiger partial charge in [-0.2, -0.15) is 0 Å². The number of hydrogen-bond donors (Lipinski definition) is 2. The van der Waals surface area contributed by atoms with Gasteiger partial charge in [-0.05, 0) is 31.5 Å². The van der Waals surface area contributed by atoms with Gasteiger partial charge >= 0.3 is 0 Å². The molecule has 0 radical (unpaired) electrons. The van der Waals surface area contributed by atoms with E-state index < -0.39 is 0 Å². The fourth-order valence-electron chi connectivity index (χ4n) is 3.19. The lowest BCUT2D eigenvalue weighted by Crippen LogP contribution is -2.48. The van der Waals surface area contributed by atoms with E-state index in [0.717, 1.165) is 49.3 Å². The Morgan fingerprint density at radius 2 is 1.83 bits per heavy atom. The molecule has 1 aromatic carbocycles. The molecule has 1 saturated heterocycles. The first-order valence-electron chi connectivity index (χ1n) is 9.97. The molecule has 0 aliphatic carbocycles. The van der Waals surface area contributed by atoms with Crippen LogP contribution < -0.4 is 20.1 Å². The van der Waals surface area contributed by atoms with Crippen LogP contribution in [0.1, 0.15) is 25.5 Å². The molecule has 0 bridgehead atoms. The number of nitrogens with one attached hydrogen (secondary N) is 2. The van der Waals surface area contributed by atoms with Crippen LogP contribution in [0.5, 0.6) is 11.5 Å². The summed E-state index contributed by atoms with van der Waals surface area (Å²) in [7, 11) is 6.79. The van der Waals surface area contributed by atoms with Gasteiger partial charge in [0.05, 0.1) is 39.1 Å². The topological polar surface area (TPSA) is 76.6 Å². The first kappa shape index (κ1) is 23.3. The standard InChI is InChI=1S/C21H36N4O4/c1-21(2,28-6)15-24-20(22-3)23-14-17(25-9-11-29-12-10-25)16-7-8-18(26-4)19(13-16)27-5/h7-8,13,17H,9-12,14-15H2,1-6H3,(H2,22,23,24). The minimum Gasteiger partial charge on any atom is -0.493 e. The number of benzene rings is 1. The van der Waals surface area contributed by atoms with Crippen LogP contribution in [0.4, 0.5) is 0 Å². The summed E-state index contributed by atoms with van der Waals surface area (Å²) in [5.74, 6) is 2.20. The molecule has 0 amide bonds. The second-order valence-corrected chi connectivity index (χ2v) is 7.55. The molecule has 0 saturated carbocycles. The number of ether oxygens (including phenoxy) is 4. The highest BCUT2D eigenvalue weighted by Gasteiger charge is 2.24. The summed E-state index contributed by atoms with van der Waals surface area (Å²) in [6, 6.07) is 6.24. The highest BCUT2D eigenvalue weighted by atomic mass is 16.5. The van der Waals surface area contributed by atoms with E-state index in [9.17, 15) is 0 Å². The Balaban J connectivity index is 2.14. The average Bonchev–Trinajstić information content (AvgIpc) is 2.76. The smallest absolute Gasteiger partial charge is 0.191 e. The zero-order chi connectivity index (χ0) is 21.3. The summed E-state index contributed by atoms with van der Waals surface area (Å²) in [5, 5.41) is 6.79. The van der Waals surface area contributed by atoms with Crippen molar-refractivity contribution in [3.63, 3.8) is 0 Å². The molecule has 8 nitrogen and oxygen atoms in total. The molecule has 164 valence electrons. The third kappa shape index (κ3) is 6.76. The predicted octanol–water partition coefficient (Wildman–Crippen LogP) is 1.67. The Kier molecular flexibility index (Phi) is 9.00. The predicted molar refractivity (Wildman–Crippen MR) is 115 cm³/mol. The van der Waals surface area contributed by atoms with Crippen molar-refractivity contribution in [1.82, 2.24) is 15.5 Å². The Labute approximate surface area is 174 Å². The van der Waals surface area contributed by atoms with Crippen LogP contribution in [0.15, 0.2) is 23.2 Å². The monoisotopic (exact) mass is 408 g/mol. The molecule has 2 rings (SSSR count). The van der Waals surface area contributed by atoms with Crippen molar-refractivity contribution < 1.29 is 18.9 Å². The first-order valence-corrected chi connectivity index (χ1v) is 9.97. The molecule has 1 atom stereocenters. The lowest BCUT2D eigenvalue weighted by Gasteiger charge is -2.35. The molecule has 2 N–H and O–H groups in total. The lowest BCUT2D eigenvalue weighted by atomic mass is 10.0. The van der Waals surface area contributed by atoms with Crippen molar-refractivity contribution in [3.8, 4) is 11.5 Å². The van der Waals surface area contributed by atoms with Gasteiger partial charge in [-0.1, -0.05) is 6.07 Å². The molecule has 1 aliphatic heterocycles. The van der Waals surface area contributed by atoms with E-state index in [4.69, 9.17) is 18.9 Å². The van der Waals surface area contributed by atoms with Gasteiger partial charge in [0.2, 0.25) is 0 Å². The molecule has 29 heavy (non-hydrogen) atoms. The lowest BCUT2D eigenvalue weighted by molar-refractivity contribution is 0.0167. The Bertz CT molecular complexity index is 660. The SMILES string of the molecule is CN=C(NCC(c1ccc(OC)c(OC)c1)N1CCOCC1)NCC(C)(C)OC. The van der Waals surface area contributed by atoms with Gasteiger partial charge in [-0.3, -0.25) is 9.89 Å². The number of nitrogens with zero attached hydrogens (tertiary/aromatic N) is 2. The van der Waals surface area contributed by atoms with Gasteiger partial charge in [-0.25, -0.2) is 0 Å². The molecular formula is C21H36N4O4. The summed E-state index contributed by atoms with van der Waals surface area (Å²) in [6.45, 7) is 8.65. The molecule has 0 spiro atoms. The molecule has 1 fully saturated rings. The Hall–Kier alpha value is -2.03. The van der Waals surface area contributed by atoms with Gasteiger partial charge in [-0.15, -0.1) is 0 Å². The maximum absolute atomic E-state index is 5.55. The van der Waals surface area contributed by atoms with E-state index in [1.165, 1.54) is 0 Å². The number of guanidine groups is 1. The van der Waals surface area contributed by atoms with Crippen LogP contribution >= 0.6 is 0 Å². The third-order valence-corrected chi connectivity index (χ3v) is 5.20. The minimum absolute atomic E-state index is 0.146. The quantitative estimate of drug-likeness (QED) is 0.475. The van der Waals surface area contributed by atoms with Crippen LogP contribution in [0.2, 0.25) is 0 Å². The molecule has 1 heterocycles. The van der Waals surface area contributed by atoms with Crippen molar-refractivity contribution in [2.45, 2.75) is 25.5 Å². The van der Waals surface area contributed by atoms with Crippen LogP contribution in [-0.4, -0.2) is 84.2 Å². The number of methoxy groups -OCH3 is 3. The minimum atomic E-state index is -0.273. The number of rotatable bonds is 9. The first-order chi connectivity index (χ1) is 13.9. The van der Waals surface area contributed by atoms with Gasteiger partial charge in [0.1, 0.15) is 0 Å². The maximum atomic E-state index is 5.55. The molecule has 0 aromatic heterocycles. The van der Waals surface area contributed by atoms with E-state index in [-0.39, 0.29) is 11.6 Å².